The maximum absolute atomic E-state index is 14.1. The van der Waals surface area contributed by atoms with Crippen LogP contribution in [0, 0.1) is 11.8 Å². The molecule has 4 aliphatic heterocycles. The first-order valence-corrected chi connectivity index (χ1v) is 11.9. The SMILES string of the molecule is COc1cc([C@@]23O[C@@H](c4cc5c(cc42)OCO5)[C@H]2C(=O)N(c4ccccc4)C(=O)[C@H]23)cc(OC)c1OC. The smallest absolute Gasteiger partial charge is 0.241 e. The average Bonchev–Trinajstić information content (AvgIpc) is 3.67. The van der Waals surface area contributed by atoms with Crippen LogP contribution in [0.15, 0.2) is 54.6 Å². The Bertz CT molecular complexity index is 1450. The number of carbonyl (C=O) groups is 2. The molecule has 2 amide bonds. The maximum Gasteiger partial charge on any atom is 0.241 e. The van der Waals surface area contributed by atoms with Crippen molar-refractivity contribution in [2.75, 3.05) is 33.0 Å². The number of para-hydroxylation sites is 1. The highest BCUT2D eigenvalue weighted by Crippen LogP contribution is 2.68. The Morgan fingerprint density at radius 2 is 1.54 bits per heavy atom. The predicted molar refractivity (Wildman–Crippen MR) is 129 cm³/mol. The van der Waals surface area contributed by atoms with Crippen LogP contribution < -0.4 is 28.6 Å². The lowest BCUT2D eigenvalue weighted by atomic mass is 9.66. The topological polar surface area (TPSA) is 92.8 Å². The molecule has 0 aromatic heterocycles. The summed E-state index contributed by atoms with van der Waals surface area (Å²) in [7, 11) is 4.59. The van der Waals surface area contributed by atoms with Crippen LogP contribution in [0.4, 0.5) is 5.69 Å². The number of hydrogen-bond acceptors (Lipinski definition) is 8. The second kappa shape index (κ2) is 7.63. The second-order valence-electron chi connectivity index (χ2n) is 9.33. The minimum atomic E-state index is -1.28. The number of benzene rings is 3. The lowest BCUT2D eigenvalue weighted by Crippen LogP contribution is -2.41. The van der Waals surface area contributed by atoms with Crippen LogP contribution in [0.5, 0.6) is 28.7 Å². The van der Waals surface area contributed by atoms with E-state index in [1.54, 1.807) is 36.4 Å². The van der Waals surface area contributed by atoms with Crippen molar-refractivity contribution in [1.29, 1.82) is 0 Å². The third-order valence-corrected chi connectivity index (χ3v) is 7.79. The molecule has 2 fully saturated rings. The van der Waals surface area contributed by atoms with Gasteiger partial charge < -0.3 is 28.4 Å². The number of methoxy groups -OCH3 is 3. The number of rotatable bonds is 5. The molecule has 0 aliphatic carbocycles. The molecular formula is C28H23NO8. The molecule has 9 nitrogen and oxygen atoms in total. The Morgan fingerprint density at radius 3 is 2.19 bits per heavy atom. The first kappa shape index (κ1) is 22.0. The molecule has 2 bridgehead atoms. The minimum absolute atomic E-state index is 0.105. The van der Waals surface area contributed by atoms with Crippen LogP contribution in [-0.4, -0.2) is 39.9 Å². The van der Waals surface area contributed by atoms with E-state index in [9.17, 15) is 9.59 Å². The summed E-state index contributed by atoms with van der Waals surface area (Å²) in [6.45, 7) is 0.105. The van der Waals surface area contributed by atoms with E-state index in [4.69, 9.17) is 28.4 Å². The molecule has 37 heavy (non-hydrogen) atoms. The Labute approximate surface area is 212 Å². The fourth-order valence-corrected chi connectivity index (χ4v) is 6.30. The van der Waals surface area contributed by atoms with Crippen LogP contribution in [0.1, 0.15) is 22.8 Å². The highest BCUT2D eigenvalue weighted by Gasteiger charge is 2.72. The number of hydrogen-bond donors (Lipinski definition) is 0. The van der Waals surface area contributed by atoms with Crippen LogP contribution in [0.2, 0.25) is 0 Å². The van der Waals surface area contributed by atoms with Crippen molar-refractivity contribution in [3.05, 3.63) is 71.3 Å². The van der Waals surface area contributed by atoms with E-state index in [1.165, 1.54) is 26.2 Å². The number of anilines is 1. The van der Waals surface area contributed by atoms with Gasteiger partial charge in [0.25, 0.3) is 0 Å². The average molecular weight is 501 g/mol. The fourth-order valence-electron chi connectivity index (χ4n) is 6.30. The largest absolute Gasteiger partial charge is 0.493 e. The second-order valence-corrected chi connectivity index (χ2v) is 9.33. The van der Waals surface area contributed by atoms with Gasteiger partial charge in [0.2, 0.25) is 24.4 Å². The summed E-state index contributed by atoms with van der Waals surface area (Å²) in [4.78, 5) is 29.3. The summed E-state index contributed by atoms with van der Waals surface area (Å²) in [6.07, 6.45) is -0.640. The molecule has 0 saturated carbocycles. The molecule has 7 rings (SSSR count). The standard InChI is InChI=1S/C28H23NO8/c1-32-20-9-14(10-21(33-2)25(20)34-3)28-17-12-19-18(35-13-36-19)11-16(17)24(37-28)22-23(28)27(31)29(26(22)30)15-7-5-4-6-8-15/h4-12,22-24H,13H2,1-3H3/t22-,23-,24-,28+/m0/s1. The summed E-state index contributed by atoms with van der Waals surface area (Å²) in [5.41, 5.74) is 1.43. The summed E-state index contributed by atoms with van der Waals surface area (Å²) < 4.78 is 34.8. The number of amides is 2. The molecule has 0 N–H and O–H groups in total. The number of carbonyl (C=O) groups excluding carboxylic acids is 2. The monoisotopic (exact) mass is 501 g/mol. The third kappa shape index (κ3) is 2.66. The quantitative estimate of drug-likeness (QED) is 0.490. The van der Waals surface area contributed by atoms with Crippen molar-refractivity contribution in [1.82, 2.24) is 0 Å². The van der Waals surface area contributed by atoms with Crippen molar-refractivity contribution >= 4 is 17.5 Å². The van der Waals surface area contributed by atoms with Gasteiger partial charge in [0.05, 0.1) is 45.0 Å². The fraction of sp³-hybridized carbons (Fsp3) is 0.286. The number of fused-ring (bicyclic) bond motifs is 9. The van der Waals surface area contributed by atoms with Crippen LogP contribution >= 0.6 is 0 Å². The Kier molecular flexibility index (Phi) is 4.54. The molecule has 188 valence electrons. The van der Waals surface area contributed by atoms with Gasteiger partial charge in [-0.15, -0.1) is 0 Å². The first-order chi connectivity index (χ1) is 18.0. The van der Waals surface area contributed by atoms with Gasteiger partial charge >= 0.3 is 0 Å². The van der Waals surface area contributed by atoms with Gasteiger partial charge in [0.1, 0.15) is 5.60 Å². The number of imide groups is 1. The van der Waals surface area contributed by atoms with E-state index >= 15 is 0 Å². The Balaban J connectivity index is 1.49. The van der Waals surface area contributed by atoms with Gasteiger partial charge in [-0.25, -0.2) is 4.90 Å². The van der Waals surface area contributed by atoms with Crippen molar-refractivity contribution in [3.8, 4) is 28.7 Å². The Hall–Kier alpha value is -4.24. The van der Waals surface area contributed by atoms with Crippen LogP contribution in [-0.2, 0) is 19.9 Å². The zero-order chi connectivity index (χ0) is 25.5. The van der Waals surface area contributed by atoms with E-state index in [0.29, 0.717) is 40.0 Å². The van der Waals surface area contributed by atoms with Crippen molar-refractivity contribution < 1.29 is 38.0 Å². The van der Waals surface area contributed by atoms with Crippen molar-refractivity contribution in [3.63, 3.8) is 0 Å². The van der Waals surface area contributed by atoms with Crippen molar-refractivity contribution in [2.24, 2.45) is 11.8 Å². The van der Waals surface area contributed by atoms with Crippen LogP contribution in [0.25, 0.3) is 0 Å². The molecule has 0 unspecified atom stereocenters. The van der Waals surface area contributed by atoms with Gasteiger partial charge in [0.15, 0.2) is 23.0 Å². The summed E-state index contributed by atoms with van der Waals surface area (Å²) in [6, 6.07) is 16.3. The molecule has 3 aromatic carbocycles. The molecule has 4 heterocycles. The molecular weight excluding hydrogens is 478 g/mol. The lowest BCUT2D eigenvalue weighted by molar-refractivity contribution is -0.127. The zero-order valence-electron chi connectivity index (χ0n) is 20.3. The van der Waals surface area contributed by atoms with Gasteiger partial charge in [0, 0.05) is 0 Å². The molecule has 4 atom stereocenters. The van der Waals surface area contributed by atoms with Crippen LogP contribution in [0.3, 0.4) is 0 Å². The van der Waals surface area contributed by atoms with Crippen molar-refractivity contribution in [2.45, 2.75) is 11.7 Å². The molecule has 0 spiro atoms. The van der Waals surface area contributed by atoms with E-state index in [1.807, 2.05) is 18.2 Å². The third-order valence-electron chi connectivity index (χ3n) is 7.79. The van der Waals surface area contributed by atoms with Gasteiger partial charge in [-0.1, -0.05) is 18.2 Å². The predicted octanol–water partition coefficient (Wildman–Crippen LogP) is 3.58. The number of nitrogens with zero attached hydrogens (tertiary/aromatic N) is 1. The highest BCUT2D eigenvalue weighted by atomic mass is 16.7. The summed E-state index contributed by atoms with van der Waals surface area (Å²) >= 11 is 0. The molecule has 4 aliphatic rings. The Morgan fingerprint density at radius 1 is 0.865 bits per heavy atom. The minimum Gasteiger partial charge on any atom is -0.493 e. The molecule has 3 aromatic rings. The van der Waals surface area contributed by atoms with Gasteiger partial charge in [-0.2, -0.15) is 0 Å². The zero-order valence-corrected chi connectivity index (χ0v) is 20.3. The summed E-state index contributed by atoms with van der Waals surface area (Å²) in [5, 5.41) is 0. The molecule has 2 saturated heterocycles. The van der Waals surface area contributed by atoms with Gasteiger partial charge in [-0.3, -0.25) is 9.59 Å². The molecule has 0 radical (unpaired) electrons. The molecule has 9 heteroatoms. The van der Waals surface area contributed by atoms with E-state index in [0.717, 1.165) is 11.1 Å². The summed E-state index contributed by atoms with van der Waals surface area (Å²) in [5.74, 6) is 0.282. The highest BCUT2D eigenvalue weighted by molar-refractivity contribution is 6.23. The maximum atomic E-state index is 14.1. The first-order valence-electron chi connectivity index (χ1n) is 11.9. The number of ether oxygens (including phenoxy) is 6. The van der Waals surface area contributed by atoms with E-state index in [-0.39, 0.29) is 18.6 Å². The van der Waals surface area contributed by atoms with Gasteiger partial charge in [-0.05, 0) is 53.1 Å². The normalized spacial score (nSPS) is 26.4. The van der Waals surface area contributed by atoms with E-state index < -0.39 is 23.5 Å². The lowest BCUT2D eigenvalue weighted by Gasteiger charge is -2.34. The van der Waals surface area contributed by atoms with E-state index in [2.05, 4.69) is 0 Å².